The zero-order chi connectivity index (χ0) is 18.9. The number of hydroxylamine groups is 1. The SMILES string of the molecule is CCONC(=O)C1N2C(=O)C(NC(=O)Cc3ccccc3)C2SC1(C)C. The molecule has 7 nitrogen and oxygen atoms in total. The predicted octanol–water partition coefficient (Wildman–Crippen LogP) is 0.844. The molecule has 2 heterocycles. The van der Waals surface area contributed by atoms with Crippen molar-refractivity contribution in [3.8, 4) is 0 Å². The lowest BCUT2D eigenvalue weighted by Crippen LogP contribution is -2.71. The van der Waals surface area contributed by atoms with E-state index in [2.05, 4.69) is 10.8 Å². The van der Waals surface area contributed by atoms with Crippen LogP contribution in [0.15, 0.2) is 30.3 Å². The second-order valence-electron chi connectivity index (χ2n) is 6.87. The summed E-state index contributed by atoms with van der Waals surface area (Å²) in [5.41, 5.74) is 3.28. The Balaban J connectivity index is 1.64. The second-order valence-corrected chi connectivity index (χ2v) is 8.64. The summed E-state index contributed by atoms with van der Waals surface area (Å²) < 4.78 is -0.472. The van der Waals surface area contributed by atoms with E-state index in [-0.39, 0.29) is 29.5 Å². The lowest BCUT2D eigenvalue weighted by atomic mass is 9.95. The van der Waals surface area contributed by atoms with Gasteiger partial charge in [0, 0.05) is 4.75 Å². The number of carbonyl (C=O) groups excluding carboxylic acids is 3. The highest BCUT2D eigenvalue weighted by atomic mass is 32.2. The van der Waals surface area contributed by atoms with Crippen LogP contribution >= 0.6 is 11.8 Å². The minimum Gasteiger partial charge on any atom is -0.341 e. The maximum Gasteiger partial charge on any atom is 0.267 e. The molecule has 8 heteroatoms. The van der Waals surface area contributed by atoms with Crippen molar-refractivity contribution < 1.29 is 19.2 Å². The zero-order valence-corrected chi connectivity index (χ0v) is 15.8. The Morgan fingerprint density at radius 2 is 1.96 bits per heavy atom. The van der Waals surface area contributed by atoms with Gasteiger partial charge in [-0.25, -0.2) is 5.48 Å². The first kappa shape index (κ1) is 18.7. The van der Waals surface area contributed by atoms with Gasteiger partial charge in [-0.15, -0.1) is 11.8 Å². The molecule has 2 aliphatic rings. The van der Waals surface area contributed by atoms with Crippen LogP contribution in [0.3, 0.4) is 0 Å². The molecule has 0 bridgehead atoms. The van der Waals surface area contributed by atoms with E-state index in [9.17, 15) is 14.4 Å². The quantitative estimate of drug-likeness (QED) is 0.567. The normalized spacial score (nSPS) is 26.0. The van der Waals surface area contributed by atoms with Crippen LogP contribution in [-0.4, -0.2) is 51.4 Å². The van der Waals surface area contributed by atoms with Gasteiger partial charge in [0.2, 0.25) is 11.8 Å². The van der Waals surface area contributed by atoms with Crippen molar-refractivity contribution in [1.82, 2.24) is 15.7 Å². The smallest absolute Gasteiger partial charge is 0.267 e. The lowest BCUT2D eigenvalue weighted by Gasteiger charge is -2.44. The van der Waals surface area contributed by atoms with Crippen LogP contribution in [0.25, 0.3) is 0 Å². The van der Waals surface area contributed by atoms with Crippen LogP contribution in [0.1, 0.15) is 26.3 Å². The van der Waals surface area contributed by atoms with Gasteiger partial charge in [-0.05, 0) is 26.3 Å². The van der Waals surface area contributed by atoms with E-state index in [4.69, 9.17) is 4.84 Å². The largest absolute Gasteiger partial charge is 0.341 e. The predicted molar refractivity (Wildman–Crippen MR) is 97.9 cm³/mol. The fraction of sp³-hybridized carbons (Fsp3) is 0.500. The van der Waals surface area contributed by atoms with E-state index in [1.807, 2.05) is 44.2 Å². The van der Waals surface area contributed by atoms with E-state index < -0.39 is 16.8 Å². The van der Waals surface area contributed by atoms with Gasteiger partial charge >= 0.3 is 0 Å². The molecule has 140 valence electrons. The molecule has 26 heavy (non-hydrogen) atoms. The molecular weight excluding hydrogens is 354 g/mol. The van der Waals surface area contributed by atoms with Gasteiger partial charge in [-0.1, -0.05) is 30.3 Å². The number of amides is 3. The molecule has 3 rings (SSSR count). The van der Waals surface area contributed by atoms with Gasteiger partial charge in [-0.2, -0.15) is 0 Å². The summed E-state index contributed by atoms with van der Waals surface area (Å²) in [7, 11) is 0. The highest BCUT2D eigenvalue weighted by Crippen LogP contribution is 2.50. The molecule has 3 amide bonds. The summed E-state index contributed by atoms with van der Waals surface area (Å²) in [5.74, 6) is -0.768. The Morgan fingerprint density at radius 1 is 1.27 bits per heavy atom. The molecule has 0 spiro atoms. The highest BCUT2D eigenvalue weighted by Gasteiger charge is 2.64. The van der Waals surface area contributed by atoms with E-state index >= 15 is 0 Å². The Labute approximate surface area is 156 Å². The van der Waals surface area contributed by atoms with Gasteiger partial charge in [0.05, 0.1) is 13.0 Å². The molecule has 2 fully saturated rings. The van der Waals surface area contributed by atoms with Gasteiger partial charge in [-0.3, -0.25) is 19.2 Å². The van der Waals surface area contributed by atoms with Crippen molar-refractivity contribution in [3.05, 3.63) is 35.9 Å². The van der Waals surface area contributed by atoms with Crippen LogP contribution in [-0.2, 0) is 25.6 Å². The van der Waals surface area contributed by atoms with E-state index in [1.54, 1.807) is 11.8 Å². The number of benzene rings is 1. The van der Waals surface area contributed by atoms with Gasteiger partial charge in [0.1, 0.15) is 17.5 Å². The number of nitrogens with zero attached hydrogens (tertiary/aromatic N) is 1. The fourth-order valence-corrected chi connectivity index (χ4v) is 5.01. The molecule has 3 unspecified atom stereocenters. The van der Waals surface area contributed by atoms with Crippen molar-refractivity contribution in [3.63, 3.8) is 0 Å². The summed E-state index contributed by atoms with van der Waals surface area (Å²) >= 11 is 1.52. The first-order chi connectivity index (χ1) is 12.3. The van der Waals surface area contributed by atoms with Crippen molar-refractivity contribution in [2.45, 2.75) is 49.4 Å². The maximum atomic E-state index is 12.6. The fourth-order valence-electron chi connectivity index (χ4n) is 3.38. The molecule has 3 atom stereocenters. The third-order valence-corrected chi connectivity index (χ3v) is 6.10. The summed E-state index contributed by atoms with van der Waals surface area (Å²) in [6.45, 7) is 5.96. The third-order valence-electron chi connectivity index (χ3n) is 4.53. The Morgan fingerprint density at radius 3 is 2.62 bits per heavy atom. The maximum absolute atomic E-state index is 12.6. The molecule has 1 aromatic rings. The number of hydrogen-bond donors (Lipinski definition) is 2. The summed E-state index contributed by atoms with van der Waals surface area (Å²) in [6.07, 6.45) is 0.222. The van der Waals surface area contributed by atoms with Crippen LogP contribution in [0, 0.1) is 0 Å². The number of β-lactam (4-membered cyclic amide) rings is 1. The second kappa shape index (κ2) is 7.28. The van der Waals surface area contributed by atoms with Crippen molar-refractivity contribution in [2.24, 2.45) is 0 Å². The van der Waals surface area contributed by atoms with Crippen LogP contribution in [0.4, 0.5) is 0 Å². The topological polar surface area (TPSA) is 87.7 Å². The molecule has 0 aliphatic carbocycles. The van der Waals surface area contributed by atoms with Crippen LogP contribution in [0.5, 0.6) is 0 Å². The monoisotopic (exact) mass is 377 g/mol. The summed E-state index contributed by atoms with van der Waals surface area (Å²) in [5, 5.41) is 2.57. The average molecular weight is 377 g/mol. The van der Waals surface area contributed by atoms with Crippen molar-refractivity contribution in [1.29, 1.82) is 0 Å². The van der Waals surface area contributed by atoms with Gasteiger partial charge < -0.3 is 10.2 Å². The van der Waals surface area contributed by atoms with Crippen molar-refractivity contribution in [2.75, 3.05) is 6.61 Å². The molecule has 0 saturated carbocycles. The minimum atomic E-state index is -0.626. The standard InChI is InChI=1S/C18H23N3O4S/c1-4-25-20-15(23)14-18(2,3)26-17-13(16(24)21(14)17)19-12(22)10-11-8-6-5-7-9-11/h5-9,13-14,17H,4,10H2,1-3H3,(H,19,22)(H,20,23). The number of carbonyl (C=O) groups is 3. The summed E-state index contributed by atoms with van der Waals surface area (Å²) in [6, 6.07) is 8.15. The number of fused-ring (bicyclic) bond motifs is 1. The third kappa shape index (κ3) is 3.43. The lowest BCUT2D eigenvalue weighted by molar-refractivity contribution is -0.158. The van der Waals surface area contributed by atoms with Gasteiger partial charge in [0.15, 0.2) is 0 Å². The van der Waals surface area contributed by atoms with Crippen molar-refractivity contribution >= 4 is 29.5 Å². The van der Waals surface area contributed by atoms with Gasteiger partial charge in [0.25, 0.3) is 5.91 Å². The number of nitrogens with one attached hydrogen (secondary N) is 2. The number of thioether (sulfide) groups is 1. The zero-order valence-electron chi connectivity index (χ0n) is 15.0. The Hall–Kier alpha value is -2.06. The minimum absolute atomic E-state index is 0.199. The molecule has 2 N–H and O–H groups in total. The van der Waals surface area contributed by atoms with E-state index in [0.717, 1.165) is 5.56 Å². The Kier molecular flexibility index (Phi) is 5.24. The van der Waals surface area contributed by atoms with Crippen LogP contribution in [0.2, 0.25) is 0 Å². The molecule has 2 aliphatic heterocycles. The summed E-state index contributed by atoms with van der Waals surface area (Å²) in [4.78, 5) is 43.8. The average Bonchev–Trinajstić information content (AvgIpc) is 2.86. The number of rotatable bonds is 6. The highest BCUT2D eigenvalue weighted by molar-refractivity contribution is 8.01. The molecule has 0 aromatic heterocycles. The van der Waals surface area contributed by atoms with E-state index in [1.165, 1.54) is 11.8 Å². The Bertz CT molecular complexity index is 710. The molecule has 2 saturated heterocycles. The molecule has 0 radical (unpaired) electrons. The van der Waals surface area contributed by atoms with Crippen LogP contribution < -0.4 is 10.8 Å². The first-order valence-electron chi connectivity index (χ1n) is 8.60. The van der Waals surface area contributed by atoms with E-state index in [0.29, 0.717) is 6.61 Å². The molecule has 1 aromatic carbocycles. The first-order valence-corrected chi connectivity index (χ1v) is 9.48. The number of hydrogen-bond acceptors (Lipinski definition) is 5. The molecular formula is C18H23N3O4S.